The van der Waals surface area contributed by atoms with Crippen LogP contribution in [0.4, 0.5) is 0 Å². The third kappa shape index (κ3) is 2.27. The van der Waals surface area contributed by atoms with Crippen LogP contribution in [0.2, 0.25) is 0 Å². The minimum absolute atomic E-state index is 0.00787. The van der Waals surface area contributed by atoms with Crippen LogP contribution in [0.3, 0.4) is 0 Å². The third-order valence-corrected chi connectivity index (χ3v) is 6.16. The average molecular weight is 280 g/mol. The van der Waals surface area contributed by atoms with Gasteiger partial charge in [0, 0.05) is 5.41 Å². The number of carbonyl (C=O) groups excluding carboxylic acids is 1. The maximum atomic E-state index is 12.9. The largest absolute Gasteiger partial charge is 0.294 e. The van der Waals surface area contributed by atoms with Crippen molar-refractivity contribution in [3.63, 3.8) is 0 Å². The highest BCUT2D eigenvalue weighted by Crippen LogP contribution is 2.60. The van der Waals surface area contributed by atoms with E-state index in [0.29, 0.717) is 5.78 Å². The molecule has 4 saturated carbocycles. The van der Waals surface area contributed by atoms with E-state index >= 15 is 0 Å². The van der Waals surface area contributed by atoms with Crippen LogP contribution in [0.5, 0.6) is 0 Å². The first-order valence-electron chi connectivity index (χ1n) is 8.43. The molecule has 1 aromatic rings. The monoisotopic (exact) mass is 280 g/mol. The summed E-state index contributed by atoms with van der Waals surface area (Å²) in [6, 6.07) is 8.29. The molecule has 21 heavy (non-hydrogen) atoms. The Kier molecular flexibility index (Phi) is 3.06. The molecule has 1 heteroatoms. The van der Waals surface area contributed by atoms with Gasteiger partial charge in [0.2, 0.25) is 0 Å². The molecular weight excluding hydrogens is 256 g/mol. The van der Waals surface area contributed by atoms with Gasteiger partial charge < -0.3 is 0 Å². The van der Waals surface area contributed by atoms with E-state index in [1.165, 1.54) is 30.4 Å². The summed E-state index contributed by atoms with van der Waals surface area (Å²) in [5.74, 6) is 2.93. The SMILES string of the molecule is Cc1ccccc1/C=C/C(=O)C12CC3CC(CC(C3)C1)C2. The smallest absolute Gasteiger partial charge is 0.161 e. The molecule has 0 spiro atoms. The van der Waals surface area contributed by atoms with Crippen molar-refractivity contribution in [1.82, 2.24) is 0 Å². The fourth-order valence-electron chi connectivity index (χ4n) is 5.53. The van der Waals surface area contributed by atoms with Crippen molar-refractivity contribution < 1.29 is 4.79 Å². The lowest BCUT2D eigenvalue weighted by atomic mass is 9.48. The van der Waals surface area contributed by atoms with Gasteiger partial charge in [-0.15, -0.1) is 0 Å². The van der Waals surface area contributed by atoms with E-state index in [-0.39, 0.29) is 5.41 Å². The first-order valence-corrected chi connectivity index (χ1v) is 8.43. The second-order valence-electron chi connectivity index (χ2n) is 7.75. The molecule has 4 bridgehead atoms. The fourth-order valence-corrected chi connectivity index (χ4v) is 5.53. The summed E-state index contributed by atoms with van der Waals surface area (Å²) in [5.41, 5.74) is 2.43. The predicted molar refractivity (Wildman–Crippen MR) is 85.8 cm³/mol. The number of hydrogen-bond donors (Lipinski definition) is 0. The molecule has 1 aromatic carbocycles. The Morgan fingerprint density at radius 3 is 2.19 bits per heavy atom. The normalized spacial score (nSPS) is 37.3. The van der Waals surface area contributed by atoms with Gasteiger partial charge in [-0.1, -0.05) is 30.3 Å². The third-order valence-electron chi connectivity index (χ3n) is 6.16. The lowest BCUT2D eigenvalue weighted by molar-refractivity contribution is -0.138. The van der Waals surface area contributed by atoms with Crippen LogP contribution < -0.4 is 0 Å². The minimum atomic E-state index is 0.00787. The van der Waals surface area contributed by atoms with Gasteiger partial charge in [-0.25, -0.2) is 0 Å². The van der Waals surface area contributed by atoms with Gasteiger partial charge in [0.05, 0.1) is 0 Å². The summed E-state index contributed by atoms with van der Waals surface area (Å²) in [4.78, 5) is 12.9. The van der Waals surface area contributed by atoms with E-state index in [4.69, 9.17) is 0 Å². The number of carbonyl (C=O) groups is 1. The van der Waals surface area contributed by atoms with E-state index in [9.17, 15) is 4.79 Å². The zero-order chi connectivity index (χ0) is 14.4. The van der Waals surface area contributed by atoms with Crippen LogP contribution in [-0.4, -0.2) is 5.78 Å². The van der Waals surface area contributed by atoms with E-state index in [0.717, 1.165) is 37.0 Å². The van der Waals surface area contributed by atoms with Crippen LogP contribution in [-0.2, 0) is 4.79 Å². The number of aryl methyl sites for hydroxylation is 1. The minimum Gasteiger partial charge on any atom is -0.294 e. The number of allylic oxidation sites excluding steroid dienone is 1. The maximum absolute atomic E-state index is 12.9. The maximum Gasteiger partial charge on any atom is 0.161 e. The molecule has 0 radical (unpaired) electrons. The molecule has 1 nitrogen and oxygen atoms in total. The number of ketones is 1. The number of benzene rings is 1. The Morgan fingerprint density at radius 1 is 1.05 bits per heavy atom. The van der Waals surface area contributed by atoms with Gasteiger partial charge in [-0.3, -0.25) is 4.79 Å². The predicted octanol–water partition coefficient (Wildman–Crippen LogP) is 4.79. The topological polar surface area (TPSA) is 17.1 Å². The molecule has 0 saturated heterocycles. The van der Waals surface area contributed by atoms with E-state index in [1.807, 2.05) is 24.3 Å². The summed E-state index contributed by atoms with van der Waals surface area (Å²) < 4.78 is 0. The molecule has 110 valence electrons. The summed E-state index contributed by atoms with van der Waals surface area (Å²) in [7, 11) is 0. The fraction of sp³-hybridized carbons (Fsp3) is 0.550. The molecule has 0 amide bonds. The molecule has 5 rings (SSSR count). The Morgan fingerprint density at radius 2 is 1.62 bits per heavy atom. The van der Waals surface area contributed by atoms with Crippen molar-refractivity contribution >= 4 is 11.9 Å². The lowest BCUT2D eigenvalue weighted by Crippen LogP contribution is -2.49. The van der Waals surface area contributed by atoms with Crippen molar-refractivity contribution in [1.29, 1.82) is 0 Å². The highest BCUT2D eigenvalue weighted by molar-refractivity contribution is 5.98. The molecule has 0 unspecified atom stereocenters. The van der Waals surface area contributed by atoms with Crippen LogP contribution in [0.1, 0.15) is 49.7 Å². The van der Waals surface area contributed by atoms with Crippen LogP contribution in [0.25, 0.3) is 6.08 Å². The molecule has 0 atom stereocenters. The number of hydrogen-bond acceptors (Lipinski definition) is 1. The average Bonchev–Trinajstić information content (AvgIpc) is 2.44. The Bertz CT molecular complexity index is 560. The highest BCUT2D eigenvalue weighted by Gasteiger charge is 2.53. The lowest BCUT2D eigenvalue weighted by Gasteiger charge is -2.55. The van der Waals surface area contributed by atoms with Gasteiger partial charge in [0.25, 0.3) is 0 Å². The van der Waals surface area contributed by atoms with Crippen molar-refractivity contribution in [2.24, 2.45) is 23.2 Å². The molecule has 0 heterocycles. The molecule has 0 N–H and O–H groups in total. The highest BCUT2D eigenvalue weighted by atomic mass is 16.1. The Labute approximate surface area is 127 Å². The van der Waals surface area contributed by atoms with E-state index in [2.05, 4.69) is 19.1 Å². The van der Waals surface area contributed by atoms with E-state index < -0.39 is 0 Å². The second kappa shape index (κ2) is 4.83. The van der Waals surface area contributed by atoms with Gasteiger partial charge in [-0.05, 0) is 80.4 Å². The Hall–Kier alpha value is -1.37. The standard InChI is InChI=1S/C20H24O/c1-14-4-2-3-5-18(14)6-7-19(21)20-11-15-8-16(12-20)10-17(9-15)13-20/h2-7,15-17H,8-13H2,1H3/b7-6+. The summed E-state index contributed by atoms with van der Waals surface area (Å²) in [5, 5.41) is 0. The molecule has 0 aliphatic heterocycles. The van der Waals surface area contributed by atoms with Gasteiger partial charge in [0.15, 0.2) is 5.78 Å². The second-order valence-corrected chi connectivity index (χ2v) is 7.75. The van der Waals surface area contributed by atoms with Crippen LogP contribution >= 0.6 is 0 Å². The molecule has 4 aliphatic rings. The van der Waals surface area contributed by atoms with Gasteiger partial charge in [0.1, 0.15) is 0 Å². The number of rotatable bonds is 3. The van der Waals surface area contributed by atoms with Crippen molar-refractivity contribution in [2.45, 2.75) is 45.4 Å². The molecule has 0 aromatic heterocycles. The van der Waals surface area contributed by atoms with Crippen LogP contribution in [0, 0.1) is 30.1 Å². The van der Waals surface area contributed by atoms with Gasteiger partial charge in [-0.2, -0.15) is 0 Å². The summed E-state index contributed by atoms with van der Waals surface area (Å²) in [6.07, 6.45) is 11.6. The van der Waals surface area contributed by atoms with Crippen molar-refractivity contribution in [3.8, 4) is 0 Å². The van der Waals surface area contributed by atoms with E-state index in [1.54, 1.807) is 0 Å². The first-order chi connectivity index (χ1) is 10.1. The quantitative estimate of drug-likeness (QED) is 0.727. The van der Waals surface area contributed by atoms with Gasteiger partial charge >= 0.3 is 0 Å². The molecular formula is C20H24O. The molecule has 4 aliphatic carbocycles. The summed E-state index contributed by atoms with van der Waals surface area (Å²) in [6.45, 7) is 2.11. The zero-order valence-electron chi connectivity index (χ0n) is 12.8. The molecule has 4 fully saturated rings. The first kappa shape index (κ1) is 13.3. The van der Waals surface area contributed by atoms with Crippen LogP contribution in [0.15, 0.2) is 30.3 Å². The zero-order valence-corrected chi connectivity index (χ0v) is 12.8. The Balaban J connectivity index is 1.56. The van der Waals surface area contributed by atoms with Crippen molar-refractivity contribution in [3.05, 3.63) is 41.5 Å². The summed E-state index contributed by atoms with van der Waals surface area (Å²) >= 11 is 0. The van der Waals surface area contributed by atoms with Crippen molar-refractivity contribution in [2.75, 3.05) is 0 Å².